The maximum absolute atomic E-state index is 14.0. The first-order chi connectivity index (χ1) is 10.6. The molecule has 1 aromatic carbocycles. The Balaban J connectivity index is 0.00000116. The van der Waals surface area contributed by atoms with Crippen molar-refractivity contribution in [2.24, 2.45) is 0 Å². The van der Waals surface area contributed by atoms with E-state index in [1.165, 1.54) is 13.0 Å². The molecule has 22 heavy (non-hydrogen) atoms. The van der Waals surface area contributed by atoms with Gasteiger partial charge in [0.15, 0.2) is 0 Å². The zero-order valence-electron chi connectivity index (χ0n) is 13.5. The molecule has 0 bridgehead atoms. The summed E-state index contributed by atoms with van der Waals surface area (Å²) < 4.78 is 20.0. The van der Waals surface area contributed by atoms with Crippen LogP contribution in [-0.2, 0) is 9.53 Å². The number of ether oxygens (including phenoxy) is 1. The van der Waals surface area contributed by atoms with Gasteiger partial charge in [-0.15, -0.1) is 0 Å². The fourth-order valence-electron chi connectivity index (χ4n) is 2.44. The lowest BCUT2D eigenvalue weighted by atomic mass is 9.94. The quantitative estimate of drug-likeness (QED) is 0.845. The molecule has 1 atom stereocenters. The molecule has 124 valence electrons. The van der Waals surface area contributed by atoms with E-state index in [0.29, 0.717) is 22.6 Å². The van der Waals surface area contributed by atoms with Gasteiger partial charge in [0.05, 0.1) is 5.92 Å². The van der Waals surface area contributed by atoms with Gasteiger partial charge < -0.3 is 10.1 Å². The molecule has 1 N–H and O–H groups in total. The minimum absolute atomic E-state index is 0.0224. The lowest BCUT2D eigenvalue weighted by Crippen LogP contribution is -2.38. The lowest BCUT2D eigenvalue weighted by molar-refractivity contribution is -0.118. The molecule has 2 rings (SSSR count). The summed E-state index contributed by atoms with van der Waals surface area (Å²) >= 11 is 3.23. The Morgan fingerprint density at radius 3 is 2.59 bits per heavy atom. The van der Waals surface area contributed by atoms with Gasteiger partial charge in [0.2, 0.25) is 0 Å². The number of benzene rings is 1. The van der Waals surface area contributed by atoms with Crippen LogP contribution in [0.5, 0.6) is 0 Å². The number of hydrogen-bond acceptors (Lipinski definition) is 3. The van der Waals surface area contributed by atoms with Crippen LogP contribution in [-0.4, -0.2) is 31.6 Å². The van der Waals surface area contributed by atoms with E-state index >= 15 is 0 Å². The molecule has 5 heteroatoms. The van der Waals surface area contributed by atoms with Gasteiger partial charge in [0, 0.05) is 30.3 Å². The van der Waals surface area contributed by atoms with E-state index in [4.69, 9.17) is 4.74 Å². The fraction of sp³-hybridized carbons (Fsp3) is 0.588. The van der Waals surface area contributed by atoms with Crippen molar-refractivity contribution in [3.05, 3.63) is 34.1 Å². The molecule has 1 unspecified atom stereocenters. The molecule has 0 amide bonds. The van der Waals surface area contributed by atoms with Crippen molar-refractivity contribution >= 4 is 21.7 Å². The number of ketones is 1. The average Bonchev–Trinajstić information content (AvgIpc) is 2.52. The third kappa shape index (κ3) is 5.78. The Bertz CT molecular complexity index is 476. The first-order valence-corrected chi connectivity index (χ1v) is 8.63. The summed E-state index contributed by atoms with van der Waals surface area (Å²) in [5.41, 5.74) is 0.459. The van der Waals surface area contributed by atoms with Crippen LogP contribution < -0.4 is 5.32 Å². The number of Topliss-reactive ketones (excluding diaryl/α,β-unsaturated/α-hetero) is 1. The Morgan fingerprint density at radius 2 is 2.05 bits per heavy atom. The van der Waals surface area contributed by atoms with Crippen LogP contribution >= 0.6 is 15.9 Å². The average molecular weight is 374 g/mol. The molecular weight excluding hydrogens is 349 g/mol. The van der Waals surface area contributed by atoms with Crippen LogP contribution in [0, 0.1) is 5.82 Å². The van der Waals surface area contributed by atoms with Crippen molar-refractivity contribution in [2.45, 2.75) is 45.6 Å². The number of carbonyl (C=O) groups excluding carboxylic acids is 1. The largest absolute Gasteiger partial charge is 0.381 e. The molecule has 1 aliphatic heterocycles. The maximum atomic E-state index is 14.0. The van der Waals surface area contributed by atoms with Crippen molar-refractivity contribution in [2.75, 3.05) is 19.8 Å². The van der Waals surface area contributed by atoms with Crippen molar-refractivity contribution in [3.63, 3.8) is 0 Å². The summed E-state index contributed by atoms with van der Waals surface area (Å²) in [6, 6.07) is 5.20. The zero-order chi connectivity index (χ0) is 16.5. The van der Waals surface area contributed by atoms with E-state index in [2.05, 4.69) is 21.2 Å². The van der Waals surface area contributed by atoms with Crippen LogP contribution in [0.1, 0.15) is 45.1 Å². The molecule has 3 nitrogen and oxygen atoms in total. The molecule has 1 aliphatic rings. The molecule has 1 fully saturated rings. The van der Waals surface area contributed by atoms with Crippen molar-refractivity contribution in [3.8, 4) is 0 Å². The topological polar surface area (TPSA) is 38.3 Å². The number of halogens is 2. The van der Waals surface area contributed by atoms with Gasteiger partial charge in [-0.3, -0.25) is 4.79 Å². The van der Waals surface area contributed by atoms with Crippen LogP contribution in [0.15, 0.2) is 22.7 Å². The minimum Gasteiger partial charge on any atom is -0.381 e. The predicted molar refractivity (Wildman–Crippen MR) is 90.7 cm³/mol. The van der Waals surface area contributed by atoms with Crippen molar-refractivity contribution in [1.29, 1.82) is 0 Å². The van der Waals surface area contributed by atoms with Gasteiger partial charge in [0.25, 0.3) is 0 Å². The van der Waals surface area contributed by atoms with Gasteiger partial charge in [-0.05, 0) is 37.5 Å². The highest BCUT2D eigenvalue weighted by atomic mass is 79.9. The molecule has 0 radical (unpaired) electrons. The van der Waals surface area contributed by atoms with E-state index in [1.807, 2.05) is 13.8 Å². The molecule has 1 heterocycles. The van der Waals surface area contributed by atoms with Crippen LogP contribution in [0.3, 0.4) is 0 Å². The Morgan fingerprint density at radius 1 is 1.41 bits per heavy atom. The van der Waals surface area contributed by atoms with Gasteiger partial charge >= 0.3 is 0 Å². The molecule has 1 saturated heterocycles. The lowest BCUT2D eigenvalue weighted by Gasteiger charge is -2.25. The summed E-state index contributed by atoms with van der Waals surface area (Å²) in [5.74, 6) is -0.801. The summed E-state index contributed by atoms with van der Waals surface area (Å²) in [4.78, 5) is 11.8. The van der Waals surface area contributed by atoms with E-state index in [0.717, 1.165) is 26.1 Å². The molecule has 0 spiro atoms. The van der Waals surface area contributed by atoms with Gasteiger partial charge in [-0.1, -0.05) is 35.8 Å². The highest BCUT2D eigenvalue weighted by Gasteiger charge is 2.22. The highest BCUT2D eigenvalue weighted by Crippen LogP contribution is 2.23. The van der Waals surface area contributed by atoms with Gasteiger partial charge in [0.1, 0.15) is 11.6 Å². The molecule has 0 aromatic heterocycles. The second-order valence-corrected chi connectivity index (χ2v) is 6.04. The molecule has 0 saturated carbocycles. The SMILES string of the molecule is CC.CC(=O)C(CNC1CCOCC1)c1ccc(Br)cc1F. The predicted octanol–water partition coefficient (Wildman–Crippen LogP) is 4.06. The van der Waals surface area contributed by atoms with Crippen LogP contribution in [0.2, 0.25) is 0 Å². The standard InChI is InChI=1S/C15H19BrFNO2.C2H6/c1-10(19)14(9-18-12-4-6-20-7-5-12)13-3-2-11(16)8-15(13)17;1-2/h2-3,8,12,14,18H,4-7,9H2,1H3;1-2H3. The fourth-order valence-corrected chi connectivity index (χ4v) is 2.78. The van der Waals surface area contributed by atoms with E-state index < -0.39 is 5.92 Å². The third-order valence-electron chi connectivity index (χ3n) is 3.66. The van der Waals surface area contributed by atoms with Crippen LogP contribution in [0.25, 0.3) is 0 Å². The number of carbonyl (C=O) groups is 1. The zero-order valence-corrected chi connectivity index (χ0v) is 15.1. The summed E-state index contributed by atoms with van der Waals surface area (Å²) in [6.45, 7) is 7.47. The first-order valence-electron chi connectivity index (χ1n) is 7.84. The normalized spacial score (nSPS) is 16.6. The smallest absolute Gasteiger partial charge is 0.138 e. The Kier molecular flexibility index (Phi) is 8.83. The second-order valence-electron chi connectivity index (χ2n) is 5.12. The number of hydrogen-bond donors (Lipinski definition) is 1. The van der Waals surface area contributed by atoms with E-state index in [9.17, 15) is 9.18 Å². The second kappa shape index (κ2) is 10.1. The monoisotopic (exact) mass is 373 g/mol. The third-order valence-corrected chi connectivity index (χ3v) is 4.15. The van der Waals surface area contributed by atoms with Crippen molar-refractivity contribution < 1.29 is 13.9 Å². The highest BCUT2D eigenvalue weighted by molar-refractivity contribution is 9.10. The van der Waals surface area contributed by atoms with Gasteiger partial charge in [-0.25, -0.2) is 4.39 Å². The summed E-state index contributed by atoms with van der Waals surface area (Å²) in [6.07, 6.45) is 1.88. The summed E-state index contributed by atoms with van der Waals surface area (Å²) in [5, 5.41) is 3.36. The number of rotatable bonds is 5. The summed E-state index contributed by atoms with van der Waals surface area (Å²) in [7, 11) is 0. The molecule has 0 aliphatic carbocycles. The maximum Gasteiger partial charge on any atom is 0.138 e. The minimum atomic E-state index is -0.439. The number of nitrogens with one attached hydrogen (secondary N) is 1. The Labute approximate surface area is 140 Å². The van der Waals surface area contributed by atoms with Crippen LogP contribution in [0.4, 0.5) is 4.39 Å². The van der Waals surface area contributed by atoms with E-state index in [-0.39, 0.29) is 11.6 Å². The molecular formula is C17H25BrFNO2. The first kappa shape index (κ1) is 19.3. The van der Waals surface area contributed by atoms with E-state index in [1.54, 1.807) is 12.1 Å². The Hall–Kier alpha value is -0.780. The van der Waals surface area contributed by atoms with Crippen molar-refractivity contribution in [1.82, 2.24) is 5.32 Å². The molecule has 1 aromatic rings. The van der Waals surface area contributed by atoms with Gasteiger partial charge in [-0.2, -0.15) is 0 Å².